The summed E-state index contributed by atoms with van der Waals surface area (Å²) < 4.78 is 5.55. The van der Waals surface area contributed by atoms with Gasteiger partial charge in [-0.3, -0.25) is 0 Å². The molecule has 1 unspecified atom stereocenters. The van der Waals surface area contributed by atoms with Crippen molar-refractivity contribution in [1.82, 2.24) is 5.32 Å². The molecule has 1 aliphatic carbocycles. The highest BCUT2D eigenvalue weighted by molar-refractivity contribution is 5.37. The van der Waals surface area contributed by atoms with Crippen LogP contribution in [-0.4, -0.2) is 20.2 Å². The number of hydrogen-bond donors (Lipinski definition) is 1. The SMILES string of the molecule is CCC1(C(Cc2cc(C)ccc2OC)NC)CCCC1. The molecule has 0 radical (unpaired) electrons. The smallest absolute Gasteiger partial charge is 0.122 e. The summed E-state index contributed by atoms with van der Waals surface area (Å²) in [5, 5.41) is 3.60. The van der Waals surface area contributed by atoms with Crippen LogP contribution in [0.5, 0.6) is 5.75 Å². The van der Waals surface area contributed by atoms with E-state index in [1.807, 2.05) is 0 Å². The predicted molar refractivity (Wildman–Crippen MR) is 85.5 cm³/mol. The summed E-state index contributed by atoms with van der Waals surface area (Å²) in [6.07, 6.45) is 7.84. The first kappa shape index (κ1) is 15.4. The minimum atomic E-state index is 0.476. The summed E-state index contributed by atoms with van der Waals surface area (Å²) in [4.78, 5) is 0. The quantitative estimate of drug-likeness (QED) is 0.844. The van der Waals surface area contributed by atoms with Crippen molar-refractivity contribution in [2.24, 2.45) is 5.41 Å². The summed E-state index contributed by atoms with van der Waals surface area (Å²) in [5.74, 6) is 1.03. The van der Waals surface area contributed by atoms with E-state index in [1.165, 1.54) is 43.2 Å². The van der Waals surface area contributed by atoms with Crippen LogP contribution in [0, 0.1) is 12.3 Å². The van der Waals surface area contributed by atoms with Crippen molar-refractivity contribution in [3.05, 3.63) is 29.3 Å². The second-order valence-corrected chi connectivity index (χ2v) is 6.28. The van der Waals surface area contributed by atoms with E-state index in [0.717, 1.165) is 12.2 Å². The van der Waals surface area contributed by atoms with Crippen molar-refractivity contribution in [3.8, 4) is 5.75 Å². The van der Waals surface area contributed by atoms with E-state index in [9.17, 15) is 0 Å². The van der Waals surface area contributed by atoms with Crippen molar-refractivity contribution in [3.63, 3.8) is 0 Å². The first-order valence-electron chi connectivity index (χ1n) is 7.96. The fourth-order valence-corrected chi connectivity index (χ4v) is 3.94. The lowest BCUT2D eigenvalue weighted by Gasteiger charge is -2.37. The molecular weight excluding hydrogens is 246 g/mol. The molecule has 2 rings (SSSR count). The number of hydrogen-bond acceptors (Lipinski definition) is 2. The number of likely N-dealkylation sites (N-methyl/N-ethyl adjacent to an activating group) is 1. The summed E-state index contributed by atoms with van der Waals surface area (Å²) in [5.41, 5.74) is 3.13. The molecule has 0 saturated heterocycles. The van der Waals surface area contributed by atoms with Crippen LogP contribution >= 0.6 is 0 Å². The molecule has 0 bridgehead atoms. The normalized spacial score (nSPS) is 19.0. The van der Waals surface area contributed by atoms with Gasteiger partial charge in [-0.2, -0.15) is 0 Å². The topological polar surface area (TPSA) is 21.3 Å². The maximum Gasteiger partial charge on any atom is 0.122 e. The third-order valence-electron chi connectivity index (χ3n) is 5.25. The zero-order valence-electron chi connectivity index (χ0n) is 13.5. The zero-order valence-corrected chi connectivity index (χ0v) is 13.5. The number of ether oxygens (including phenoxy) is 1. The summed E-state index contributed by atoms with van der Waals surface area (Å²) in [6.45, 7) is 4.51. The highest BCUT2D eigenvalue weighted by atomic mass is 16.5. The molecule has 1 saturated carbocycles. The van der Waals surface area contributed by atoms with Gasteiger partial charge in [-0.1, -0.05) is 37.5 Å². The van der Waals surface area contributed by atoms with Crippen molar-refractivity contribution < 1.29 is 4.74 Å². The fourth-order valence-electron chi connectivity index (χ4n) is 3.94. The minimum absolute atomic E-state index is 0.476. The van der Waals surface area contributed by atoms with Crippen LogP contribution in [0.1, 0.15) is 50.2 Å². The Hall–Kier alpha value is -1.02. The molecule has 2 heteroatoms. The standard InChI is InChI=1S/C18H29NO/c1-5-18(10-6-7-11-18)17(19-3)13-15-12-14(2)8-9-16(15)20-4/h8-9,12,17,19H,5-7,10-11,13H2,1-4H3. The van der Waals surface area contributed by atoms with Gasteiger partial charge in [0.25, 0.3) is 0 Å². The molecule has 112 valence electrons. The molecule has 0 aromatic heterocycles. The zero-order chi connectivity index (χ0) is 14.6. The third-order valence-corrected chi connectivity index (χ3v) is 5.25. The Bertz CT molecular complexity index is 435. The van der Waals surface area contributed by atoms with Crippen LogP contribution in [0.15, 0.2) is 18.2 Å². The Kier molecular flexibility index (Phi) is 5.09. The molecule has 1 N–H and O–H groups in total. The largest absolute Gasteiger partial charge is 0.496 e. The van der Waals surface area contributed by atoms with Crippen molar-refractivity contribution in [2.75, 3.05) is 14.2 Å². The van der Waals surface area contributed by atoms with E-state index in [1.54, 1.807) is 7.11 Å². The van der Waals surface area contributed by atoms with Gasteiger partial charge >= 0.3 is 0 Å². The second kappa shape index (κ2) is 6.62. The van der Waals surface area contributed by atoms with Gasteiger partial charge in [0.2, 0.25) is 0 Å². The van der Waals surface area contributed by atoms with E-state index >= 15 is 0 Å². The monoisotopic (exact) mass is 275 g/mol. The highest BCUT2D eigenvalue weighted by Crippen LogP contribution is 2.45. The Morgan fingerprint density at radius 1 is 1.30 bits per heavy atom. The van der Waals surface area contributed by atoms with Gasteiger partial charge in [0.15, 0.2) is 0 Å². The van der Waals surface area contributed by atoms with Crippen LogP contribution in [0.3, 0.4) is 0 Å². The van der Waals surface area contributed by atoms with Crippen molar-refractivity contribution in [1.29, 1.82) is 0 Å². The molecule has 1 aromatic rings. The van der Waals surface area contributed by atoms with Gasteiger partial charge in [0, 0.05) is 6.04 Å². The van der Waals surface area contributed by atoms with E-state index in [0.29, 0.717) is 11.5 Å². The Morgan fingerprint density at radius 3 is 2.55 bits per heavy atom. The summed E-state index contributed by atoms with van der Waals surface area (Å²) in [6, 6.07) is 7.05. The van der Waals surface area contributed by atoms with Crippen LogP contribution < -0.4 is 10.1 Å². The number of methoxy groups -OCH3 is 1. The Morgan fingerprint density at radius 2 is 2.00 bits per heavy atom. The maximum atomic E-state index is 5.55. The number of benzene rings is 1. The van der Waals surface area contributed by atoms with Gasteiger partial charge in [0.1, 0.15) is 5.75 Å². The molecule has 1 atom stereocenters. The van der Waals surface area contributed by atoms with E-state index < -0.39 is 0 Å². The van der Waals surface area contributed by atoms with Crippen molar-refractivity contribution in [2.45, 2.75) is 58.4 Å². The van der Waals surface area contributed by atoms with E-state index in [-0.39, 0.29) is 0 Å². The molecule has 1 aromatic carbocycles. The first-order valence-corrected chi connectivity index (χ1v) is 7.96. The van der Waals surface area contributed by atoms with Gasteiger partial charge in [-0.25, -0.2) is 0 Å². The van der Waals surface area contributed by atoms with Gasteiger partial charge in [-0.15, -0.1) is 0 Å². The van der Waals surface area contributed by atoms with Gasteiger partial charge in [-0.05, 0) is 56.7 Å². The van der Waals surface area contributed by atoms with E-state index in [4.69, 9.17) is 4.74 Å². The summed E-state index contributed by atoms with van der Waals surface area (Å²) in [7, 11) is 3.89. The molecule has 0 amide bonds. The van der Waals surface area contributed by atoms with Crippen LogP contribution in [-0.2, 0) is 6.42 Å². The number of nitrogens with one attached hydrogen (secondary N) is 1. The van der Waals surface area contributed by atoms with Crippen LogP contribution in [0.25, 0.3) is 0 Å². The number of aryl methyl sites for hydroxylation is 1. The third kappa shape index (κ3) is 3.01. The maximum absolute atomic E-state index is 5.55. The Balaban J connectivity index is 2.23. The van der Waals surface area contributed by atoms with Crippen LogP contribution in [0.4, 0.5) is 0 Å². The lowest BCUT2D eigenvalue weighted by Crippen LogP contribution is -2.43. The molecule has 0 spiro atoms. The lowest BCUT2D eigenvalue weighted by atomic mass is 9.74. The predicted octanol–water partition coefficient (Wildman–Crippen LogP) is 4.10. The second-order valence-electron chi connectivity index (χ2n) is 6.28. The average Bonchev–Trinajstić information content (AvgIpc) is 2.95. The van der Waals surface area contributed by atoms with Gasteiger partial charge < -0.3 is 10.1 Å². The van der Waals surface area contributed by atoms with Crippen molar-refractivity contribution >= 4 is 0 Å². The summed E-state index contributed by atoms with van der Waals surface area (Å²) >= 11 is 0. The fraction of sp³-hybridized carbons (Fsp3) is 0.667. The minimum Gasteiger partial charge on any atom is -0.496 e. The Labute approximate surface area is 123 Å². The molecule has 20 heavy (non-hydrogen) atoms. The molecular formula is C18H29NO. The molecule has 1 aliphatic rings. The molecule has 1 fully saturated rings. The lowest BCUT2D eigenvalue weighted by molar-refractivity contribution is 0.191. The van der Waals surface area contributed by atoms with Gasteiger partial charge in [0.05, 0.1) is 7.11 Å². The van der Waals surface area contributed by atoms with Crippen LogP contribution in [0.2, 0.25) is 0 Å². The molecule has 2 nitrogen and oxygen atoms in total. The average molecular weight is 275 g/mol. The molecule has 0 aliphatic heterocycles. The molecule has 0 heterocycles. The first-order chi connectivity index (χ1) is 9.65. The number of rotatable bonds is 6. The highest BCUT2D eigenvalue weighted by Gasteiger charge is 2.39. The van der Waals surface area contributed by atoms with E-state index in [2.05, 4.69) is 44.4 Å².